The minimum atomic E-state index is 0.0943. The van der Waals surface area contributed by atoms with Gasteiger partial charge in [0.25, 0.3) is 0 Å². The Morgan fingerprint density at radius 1 is 1.19 bits per heavy atom. The topological polar surface area (TPSA) is 58.4 Å². The van der Waals surface area contributed by atoms with Crippen molar-refractivity contribution in [3.63, 3.8) is 0 Å². The Bertz CT molecular complexity index is 843. The van der Waals surface area contributed by atoms with Crippen LogP contribution in [0.15, 0.2) is 35.4 Å². The fourth-order valence-corrected chi connectivity index (χ4v) is 4.84. The van der Waals surface area contributed by atoms with Gasteiger partial charge in [-0.1, -0.05) is 30.0 Å². The Kier molecular flexibility index (Phi) is 5.20. The smallest absolute Gasteiger partial charge is 0.237 e. The number of likely N-dealkylation sites (tertiary alicyclic amines) is 1. The number of aryl methyl sites for hydroxylation is 1. The van der Waals surface area contributed by atoms with Crippen LogP contribution < -0.4 is 4.90 Å². The van der Waals surface area contributed by atoms with Gasteiger partial charge in [-0.25, -0.2) is 4.68 Å². The molecule has 0 radical (unpaired) electrons. The van der Waals surface area contributed by atoms with Crippen LogP contribution in [-0.2, 0) is 9.59 Å². The van der Waals surface area contributed by atoms with Crippen LogP contribution in [0, 0.1) is 6.92 Å². The van der Waals surface area contributed by atoms with Crippen molar-refractivity contribution in [2.45, 2.75) is 37.6 Å². The number of fused-ring (bicyclic) bond motifs is 1. The molecule has 7 heteroatoms. The number of nitrogens with zero attached hydrogens (tertiary/aromatic N) is 4. The van der Waals surface area contributed by atoms with Crippen molar-refractivity contribution >= 4 is 29.3 Å². The van der Waals surface area contributed by atoms with Gasteiger partial charge in [-0.15, -0.1) is 0 Å². The van der Waals surface area contributed by atoms with E-state index >= 15 is 0 Å². The number of benzene rings is 1. The molecule has 142 valence electrons. The van der Waals surface area contributed by atoms with Crippen molar-refractivity contribution in [1.29, 1.82) is 0 Å². The number of hydrogen-bond acceptors (Lipinski definition) is 4. The average Bonchev–Trinajstić information content (AvgIpc) is 3.33. The molecule has 1 aromatic heterocycles. The summed E-state index contributed by atoms with van der Waals surface area (Å²) in [7, 11) is 0. The molecule has 2 aliphatic heterocycles. The first kappa shape index (κ1) is 18.1. The summed E-state index contributed by atoms with van der Waals surface area (Å²) in [6.07, 6.45) is 3.39. The number of anilines is 1. The number of rotatable bonds is 5. The van der Waals surface area contributed by atoms with Gasteiger partial charge in [0.15, 0.2) is 0 Å². The minimum Gasteiger partial charge on any atom is -0.343 e. The van der Waals surface area contributed by atoms with E-state index in [0.717, 1.165) is 48.0 Å². The quantitative estimate of drug-likeness (QED) is 0.795. The fourth-order valence-electron chi connectivity index (χ4n) is 3.76. The summed E-state index contributed by atoms with van der Waals surface area (Å²) in [5.74, 6) is 0.713. The van der Waals surface area contributed by atoms with E-state index in [4.69, 9.17) is 0 Å². The molecule has 0 spiro atoms. The molecule has 3 heterocycles. The third-order valence-corrected chi connectivity index (χ3v) is 6.15. The third-order valence-electron chi connectivity index (χ3n) is 5.12. The van der Waals surface area contributed by atoms with E-state index in [9.17, 15) is 9.59 Å². The molecular formula is C20H24N4O2S. The normalized spacial score (nSPS) is 16.7. The zero-order valence-corrected chi connectivity index (χ0v) is 16.4. The second-order valence-corrected chi connectivity index (χ2v) is 7.98. The molecule has 0 atom stereocenters. The molecule has 4 rings (SSSR count). The van der Waals surface area contributed by atoms with Gasteiger partial charge in [-0.2, -0.15) is 5.10 Å². The van der Waals surface area contributed by atoms with Crippen molar-refractivity contribution < 1.29 is 9.59 Å². The second kappa shape index (κ2) is 7.76. The van der Waals surface area contributed by atoms with E-state index in [1.807, 2.05) is 51.7 Å². The van der Waals surface area contributed by atoms with Gasteiger partial charge in [0.05, 0.1) is 22.8 Å². The lowest BCUT2D eigenvalue weighted by Crippen LogP contribution is -2.37. The van der Waals surface area contributed by atoms with Crippen LogP contribution >= 0.6 is 11.8 Å². The maximum atomic E-state index is 12.6. The summed E-state index contributed by atoms with van der Waals surface area (Å²) in [6.45, 7) is 4.27. The lowest BCUT2D eigenvalue weighted by Gasteiger charge is -2.27. The highest BCUT2D eigenvalue weighted by Crippen LogP contribution is 2.39. The van der Waals surface area contributed by atoms with E-state index in [1.54, 1.807) is 0 Å². The number of aromatic nitrogens is 2. The van der Waals surface area contributed by atoms with E-state index in [-0.39, 0.29) is 11.8 Å². The molecule has 1 saturated heterocycles. The van der Waals surface area contributed by atoms with E-state index in [1.165, 1.54) is 11.8 Å². The highest BCUT2D eigenvalue weighted by Gasteiger charge is 2.31. The molecular weight excluding hydrogens is 360 g/mol. The van der Waals surface area contributed by atoms with Gasteiger partial charge in [0, 0.05) is 26.1 Å². The number of thioether (sulfide) groups is 1. The average molecular weight is 385 g/mol. The summed E-state index contributed by atoms with van der Waals surface area (Å²) >= 11 is 1.54. The Morgan fingerprint density at radius 3 is 2.67 bits per heavy atom. The molecule has 0 N–H and O–H groups in total. The molecule has 2 amide bonds. The molecule has 2 aromatic rings. The van der Waals surface area contributed by atoms with Gasteiger partial charge in [0.2, 0.25) is 11.8 Å². The van der Waals surface area contributed by atoms with Crippen LogP contribution in [0.4, 0.5) is 5.69 Å². The molecule has 1 fully saturated rings. The lowest BCUT2D eigenvalue weighted by molar-refractivity contribution is -0.130. The van der Waals surface area contributed by atoms with Gasteiger partial charge in [-0.3, -0.25) is 9.59 Å². The number of para-hydroxylation sites is 1. The monoisotopic (exact) mass is 384 g/mol. The van der Waals surface area contributed by atoms with Crippen LogP contribution in [0.1, 0.15) is 31.4 Å². The number of carbonyl (C=O) groups excluding carboxylic acids is 2. The van der Waals surface area contributed by atoms with Crippen LogP contribution in [0.2, 0.25) is 0 Å². The fraction of sp³-hybridized carbons (Fsp3) is 0.450. The van der Waals surface area contributed by atoms with E-state index in [2.05, 4.69) is 5.10 Å². The largest absolute Gasteiger partial charge is 0.343 e. The summed E-state index contributed by atoms with van der Waals surface area (Å²) in [6, 6.07) is 9.98. The molecule has 0 saturated carbocycles. The van der Waals surface area contributed by atoms with E-state index < -0.39 is 0 Å². The first-order chi connectivity index (χ1) is 13.1. The SMILES string of the molecule is Cc1nn(-c2ccccc2)c2c1N(CCCC(=O)N1CCCC1)C(=O)CS2. The van der Waals surface area contributed by atoms with Gasteiger partial charge in [-0.05, 0) is 38.3 Å². The first-order valence-electron chi connectivity index (χ1n) is 9.51. The van der Waals surface area contributed by atoms with Crippen molar-refractivity contribution in [2.75, 3.05) is 30.3 Å². The summed E-state index contributed by atoms with van der Waals surface area (Å²) in [5, 5.41) is 5.68. The van der Waals surface area contributed by atoms with Crippen LogP contribution in [-0.4, -0.2) is 51.9 Å². The summed E-state index contributed by atoms with van der Waals surface area (Å²) in [5.41, 5.74) is 2.74. The number of carbonyl (C=O) groups is 2. The molecule has 6 nitrogen and oxygen atoms in total. The molecule has 27 heavy (non-hydrogen) atoms. The zero-order chi connectivity index (χ0) is 18.8. The molecule has 2 aliphatic rings. The van der Waals surface area contributed by atoms with Crippen LogP contribution in [0.3, 0.4) is 0 Å². The molecule has 0 unspecified atom stereocenters. The Labute approximate surface area is 163 Å². The Morgan fingerprint density at radius 2 is 1.93 bits per heavy atom. The number of amides is 2. The number of hydrogen-bond donors (Lipinski definition) is 0. The van der Waals surface area contributed by atoms with Gasteiger partial charge < -0.3 is 9.80 Å². The van der Waals surface area contributed by atoms with E-state index in [0.29, 0.717) is 25.1 Å². The second-order valence-electron chi connectivity index (χ2n) is 7.01. The first-order valence-corrected chi connectivity index (χ1v) is 10.5. The summed E-state index contributed by atoms with van der Waals surface area (Å²) < 4.78 is 1.92. The Balaban J connectivity index is 1.51. The highest BCUT2D eigenvalue weighted by atomic mass is 32.2. The van der Waals surface area contributed by atoms with Crippen LogP contribution in [0.5, 0.6) is 0 Å². The maximum Gasteiger partial charge on any atom is 0.237 e. The van der Waals surface area contributed by atoms with Crippen LogP contribution in [0.25, 0.3) is 5.69 Å². The molecule has 1 aromatic carbocycles. The predicted molar refractivity (Wildman–Crippen MR) is 106 cm³/mol. The van der Waals surface area contributed by atoms with Gasteiger partial charge >= 0.3 is 0 Å². The third kappa shape index (κ3) is 3.60. The highest BCUT2D eigenvalue weighted by molar-refractivity contribution is 8.00. The minimum absolute atomic E-state index is 0.0943. The van der Waals surface area contributed by atoms with Crippen molar-refractivity contribution in [2.24, 2.45) is 0 Å². The maximum absolute atomic E-state index is 12.6. The molecule has 0 aliphatic carbocycles. The predicted octanol–water partition coefficient (Wildman–Crippen LogP) is 3.02. The van der Waals surface area contributed by atoms with Crippen molar-refractivity contribution in [3.8, 4) is 5.69 Å². The lowest BCUT2D eigenvalue weighted by atomic mass is 10.2. The van der Waals surface area contributed by atoms with Gasteiger partial charge in [0.1, 0.15) is 5.03 Å². The standard InChI is InChI=1S/C20H24N4O2S/c1-15-19-20(24(21-15)16-8-3-2-4-9-16)27-14-18(26)23(19)13-7-10-17(25)22-11-5-6-12-22/h2-4,8-9H,5-7,10-14H2,1H3. The Hall–Kier alpha value is -2.28. The van der Waals surface area contributed by atoms with Crippen molar-refractivity contribution in [1.82, 2.24) is 14.7 Å². The zero-order valence-electron chi connectivity index (χ0n) is 15.6. The molecule has 0 bridgehead atoms. The summed E-state index contributed by atoms with van der Waals surface area (Å²) in [4.78, 5) is 28.6. The van der Waals surface area contributed by atoms with Crippen molar-refractivity contribution in [3.05, 3.63) is 36.0 Å².